The topological polar surface area (TPSA) is 49.7 Å². The predicted octanol–water partition coefficient (Wildman–Crippen LogP) is 5.08. The quantitative estimate of drug-likeness (QED) is 0.619. The summed E-state index contributed by atoms with van der Waals surface area (Å²) in [7, 11) is -4.07. The Balaban J connectivity index is 1.89. The molecule has 0 spiro atoms. The second-order valence-corrected chi connectivity index (χ2v) is 9.78. The summed E-state index contributed by atoms with van der Waals surface area (Å²) in [6.45, 7) is 4.67. The molecule has 0 saturated heterocycles. The van der Waals surface area contributed by atoms with Gasteiger partial charge in [-0.25, -0.2) is 8.42 Å². The molecule has 1 unspecified atom stereocenters. The lowest BCUT2D eigenvalue weighted by Gasteiger charge is -2.39. The molecular formula is C21H23F3N2O2S. The predicted molar refractivity (Wildman–Crippen MR) is 109 cm³/mol. The fraction of sp³-hybridized carbons (Fsp3) is 0.381. The average molecular weight is 424 g/mol. The van der Waals surface area contributed by atoms with Gasteiger partial charge in [0.25, 0.3) is 10.0 Å². The molecule has 0 saturated carbocycles. The lowest BCUT2D eigenvalue weighted by Crippen LogP contribution is -2.49. The second-order valence-electron chi connectivity index (χ2n) is 7.52. The molecule has 1 heterocycles. The summed E-state index contributed by atoms with van der Waals surface area (Å²) in [6.07, 6.45) is 2.38. The second kappa shape index (κ2) is 7.82. The van der Waals surface area contributed by atoms with Crippen LogP contribution in [0.2, 0.25) is 0 Å². The molecule has 4 nitrogen and oxygen atoms in total. The van der Waals surface area contributed by atoms with Crippen LogP contribution in [0.1, 0.15) is 38.2 Å². The maximum absolute atomic E-state index is 13.5. The van der Waals surface area contributed by atoms with Gasteiger partial charge in [-0.3, -0.25) is 0 Å². The molecule has 0 N–H and O–H groups in total. The van der Waals surface area contributed by atoms with Gasteiger partial charge >= 0.3 is 6.18 Å². The van der Waals surface area contributed by atoms with E-state index >= 15 is 0 Å². The molecule has 29 heavy (non-hydrogen) atoms. The minimum Gasteiger partial charge on any atom is -0.204 e. The van der Waals surface area contributed by atoms with Gasteiger partial charge in [0, 0.05) is 18.2 Å². The van der Waals surface area contributed by atoms with Crippen LogP contribution in [0.3, 0.4) is 0 Å². The van der Waals surface area contributed by atoms with Gasteiger partial charge in [0.1, 0.15) is 4.75 Å². The number of halogens is 3. The number of hydrogen-bond donors (Lipinski definition) is 0. The third-order valence-electron chi connectivity index (χ3n) is 5.29. The number of rotatable bonds is 5. The number of nitrogens with zero attached hydrogens (tertiary/aromatic N) is 2. The summed E-state index contributed by atoms with van der Waals surface area (Å²) in [5.74, 6) is 0. The first-order valence-corrected chi connectivity index (χ1v) is 10.7. The molecular weight excluding hydrogens is 401 g/mol. The highest BCUT2D eigenvalue weighted by atomic mass is 32.2. The zero-order chi connectivity index (χ0) is 21.3. The first kappa shape index (κ1) is 21.4. The van der Waals surface area contributed by atoms with Crippen molar-refractivity contribution in [2.75, 3.05) is 0 Å². The lowest BCUT2D eigenvalue weighted by molar-refractivity contribution is -0.0950. The number of sulfonamides is 1. The van der Waals surface area contributed by atoms with E-state index in [2.05, 4.69) is 11.7 Å². The minimum atomic E-state index is -4.56. The molecule has 3 rings (SSSR count). The van der Waals surface area contributed by atoms with Crippen molar-refractivity contribution in [2.45, 2.75) is 49.6 Å². The van der Waals surface area contributed by atoms with Gasteiger partial charge in [0.15, 0.2) is 0 Å². The van der Waals surface area contributed by atoms with Gasteiger partial charge in [-0.15, -0.1) is 0 Å². The highest BCUT2D eigenvalue weighted by Crippen LogP contribution is 2.40. The van der Waals surface area contributed by atoms with Crippen molar-refractivity contribution >= 4 is 21.8 Å². The third kappa shape index (κ3) is 4.32. The Kier molecular flexibility index (Phi) is 5.76. The van der Waals surface area contributed by atoms with Crippen LogP contribution in [0.15, 0.2) is 65.8 Å². The van der Waals surface area contributed by atoms with Crippen LogP contribution in [0.25, 0.3) is 5.57 Å². The smallest absolute Gasteiger partial charge is 0.204 e. The Labute approximate surface area is 169 Å². The van der Waals surface area contributed by atoms with Crippen LogP contribution in [0.5, 0.6) is 0 Å². The average Bonchev–Trinajstić information content (AvgIpc) is 2.68. The highest BCUT2D eigenvalue weighted by molar-refractivity contribution is 7.90. The van der Waals surface area contributed by atoms with E-state index in [0.717, 1.165) is 15.6 Å². The molecule has 0 radical (unpaired) electrons. The Hall–Kier alpha value is -2.35. The van der Waals surface area contributed by atoms with Crippen LogP contribution in [0, 0.1) is 0 Å². The number of hydrazone groups is 1. The van der Waals surface area contributed by atoms with Crippen molar-refractivity contribution in [3.8, 4) is 0 Å². The summed E-state index contributed by atoms with van der Waals surface area (Å²) in [5.41, 5.74) is 0.799. The fourth-order valence-electron chi connectivity index (χ4n) is 3.55. The normalized spacial score (nSPS) is 25.0. The minimum absolute atomic E-state index is 0.203. The lowest BCUT2D eigenvalue weighted by atomic mass is 9.90. The number of allylic oxidation sites excluding steroid dienone is 3. The van der Waals surface area contributed by atoms with Gasteiger partial charge < -0.3 is 0 Å². The van der Waals surface area contributed by atoms with E-state index < -0.39 is 39.0 Å². The molecule has 2 atom stereocenters. The first-order valence-electron chi connectivity index (χ1n) is 9.30. The molecule has 0 fully saturated rings. The standard InChI is InChI=1S/C21H23F3N2O2S/c1-16(21(22,23)24)14-19-11-7-13-25-26(19)29(27,28)20(2)12-6-10-18(15-20)17-8-4-3-5-9-17/h3-6,8-10,12-13,19H,1,7,11,14-15H2,2H3/t19-,20?/m0/s1. The van der Waals surface area contributed by atoms with E-state index in [1.54, 1.807) is 19.1 Å². The molecule has 8 heteroatoms. The van der Waals surface area contributed by atoms with Crippen LogP contribution >= 0.6 is 0 Å². The van der Waals surface area contributed by atoms with E-state index in [9.17, 15) is 21.6 Å². The van der Waals surface area contributed by atoms with E-state index in [4.69, 9.17) is 0 Å². The van der Waals surface area contributed by atoms with Crippen LogP contribution < -0.4 is 0 Å². The Bertz CT molecular complexity index is 965. The molecule has 156 valence electrons. The summed E-state index contributed by atoms with van der Waals surface area (Å²) in [5, 5.41) is 3.99. The molecule has 0 aromatic heterocycles. The van der Waals surface area contributed by atoms with Crippen LogP contribution in [0.4, 0.5) is 13.2 Å². The first-order chi connectivity index (χ1) is 13.5. The third-order valence-corrected chi connectivity index (χ3v) is 7.63. The van der Waals surface area contributed by atoms with Crippen molar-refractivity contribution in [2.24, 2.45) is 5.10 Å². The van der Waals surface area contributed by atoms with Crippen molar-refractivity contribution in [1.82, 2.24) is 4.41 Å². The zero-order valence-electron chi connectivity index (χ0n) is 16.1. The van der Waals surface area contributed by atoms with Gasteiger partial charge in [-0.2, -0.15) is 22.7 Å². The van der Waals surface area contributed by atoms with Crippen molar-refractivity contribution in [3.63, 3.8) is 0 Å². The van der Waals surface area contributed by atoms with E-state index in [1.807, 2.05) is 36.4 Å². The molecule has 1 aromatic carbocycles. The number of alkyl halides is 3. The SMILES string of the molecule is C=C(C[C@@H]1CCC=NN1S(=O)(=O)C1(C)C=CC=C(c2ccccc2)C1)C(F)(F)F. The van der Waals surface area contributed by atoms with Crippen LogP contribution in [-0.2, 0) is 10.0 Å². The molecule has 0 bridgehead atoms. The number of benzene rings is 1. The Morgan fingerprint density at radius 2 is 2.00 bits per heavy atom. The van der Waals surface area contributed by atoms with Gasteiger partial charge in [-0.05, 0) is 37.3 Å². The fourth-order valence-corrected chi connectivity index (χ4v) is 5.33. The summed E-state index contributed by atoms with van der Waals surface area (Å²) in [4.78, 5) is 0. The Morgan fingerprint density at radius 1 is 1.31 bits per heavy atom. The van der Waals surface area contributed by atoms with Crippen molar-refractivity contribution < 1.29 is 21.6 Å². The molecule has 2 aliphatic rings. The molecule has 1 aliphatic carbocycles. The number of hydrogen-bond acceptors (Lipinski definition) is 3. The van der Waals surface area contributed by atoms with E-state index in [-0.39, 0.29) is 12.8 Å². The molecule has 1 aliphatic heterocycles. The molecule has 1 aromatic rings. The monoisotopic (exact) mass is 424 g/mol. The highest BCUT2D eigenvalue weighted by Gasteiger charge is 2.46. The van der Waals surface area contributed by atoms with E-state index in [0.29, 0.717) is 6.42 Å². The largest absolute Gasteiger partial charge is 0.412 e. The van der Waals surface area contributed by atoms with E-state index in [1.165, 1.54) is 6.21 Å². The summed E-state index contributed by atoms with van der Waals surface area (Å²) < 4.78 is 65.5. The van der Waals surface area contributed by atoms with Gasteiger partial charge in [0.2, 0.25) is 0 Å². The zero-order valence-corrected chi connectivity index (χ0v) is 16.9. The van der Waals surface area contributed by atoms with Crippen molar-refractivity contribution in [3.05, 3.63) is 66.3 Å². The van der Waals surface area contributed by atoms with Crippen molar-refractivity contribution in [1.29, 1.82) is 0 Å². The maximum atomic E-state index is 13.5. The van der Waals surface area contributed by atoms with Gasteiger partial charge in [0.05, 0.1) is 6.04 Å². The molecule has 0 amide bonds. The van der Waals surface area contributed by atoms with Crippen LogP contribution in [-0.4, -0.2) is 36.0 Å². The maximum Gasteiger partial charge on any atom is 0.412 e. The van der Waals surface area contributed by atoms with Gasteiger partial charge in [-0.1, -0.05) is 55.1 Å². The Morgan fingerprint density at radius 3 is 2.66 bits per heavy atom. The summed E-state index contributed by atoms with van der Waals surface area (Å²) in [6, 6.07) is 8.50. The summed E-state index contributed by atoms with van der Waals surface area (Å²) >= 11 is 0.